The van der Waals surface area contributed by atoms with Crippen LogP contribution in [0, 0.1) is 0 Å². The fraction of sp³-hybridized carbons (Fsp3) is 0.208. The van der Waals surface area contributed by atoms with Crippen LogP contribution in [-0.2, 0) is 27.8 Å². The Bertz CT molecular complexity index is 1200. The lowest BCUT2D eigenvalue weighted by Gasteiger charge is -2.19. The average molecular weight is 489 g/mol. The Balaban J connectivity index is 1.82. The number of benzene rings is 3. The molecular formula is C24H25ClN2O5S. The van der Waals surface area contributed by atoms with Crippen molar-refractivity contribution < 1.29 is 22.7 Å². The summed E-state index contributed by atoms with van der Waals surface area (Å²) in [6.07, 6.45) is 0.168. The molecule has 0 saturated carbocycles. The predicted molar refractivity (Wildman–Crippen MR) is 127 cm³/mol. The van der Waals surface area contributed by atoms with E-state index in [0.717, 1.165) is 11.1 Å². The first-order valence-corrected chi connectivity index (χ1v) is 12.0. The third-order valence-electron chi connectivity index (χ3n) is 4.98. The number of hydrogen-bond acceptors (Lipinski definition) is 5. The number of carbonyl (C=O) groups excluding carboxylic acids is 1. The molecule has 0 spiro atoms. The zero-order valence-electron chi connectivity index (χ0n) is 18.2. The summed E-state index contributed by atoms with van der Waals surface area (Å²) in [5, 5.41) is 2.96. The van der Waals surface area contributed by atoms with Crippen LogP contribution in [0.25, 0.3) is 0 Å². The number of hydrogen-bond donors (Lipinski definition) is 2. The van der Waals surface area contributed by atoms with Gasteiger partial charge in [-0.15, -0.1) is 0 Å². The fourth-order valence-corrected chi connectivity index (χ4v) is 4.81. The molecule has 3 aromatic rings. The lowest BCUT2D eigenvalue weighted by Crippen LogP contribution is -2.47. The first-order chi connectivity index (χ1) is 15.8. The number of sulfonamides is 1. The van der Waals surface area contributed by atoms with E-state index < -0.39 is 22.0 Å². The molecule has 0 saturated heterocycles. The van der Waals surface area contributed by atoms with E-state index in [1.54, 1.807) is 13.2 Å². The molecule has 0 aliphatic rings. The predicted octanol–water partition coefficient (Wildman–Crippen LogP) is 3.56. The van der Waals surface area contributed by atoms with Gasteiger partial charge in [0.1, 0.15) is 17.5 Å². The lowest BCUT2D eigenvalue weighted by atomic mass is 10.1. The van der Waals surface area contributed by atoms with Gasteiger partial charge in [-0.25, -0.2) is 8.42 Å². The van der Waals surface area contributed by atoms with Crippen molar-refractivity contribution in [1.29, 1.82) is 0 Å². The second-order valence-corrected chi connectivity index (χ2v) is 9.31. The number of para-hydroxylation sites is 1. The molecule has 0 heterocycles. The molecule has 1 amide bonds. The maximum atomic E-state index is 13.1. The van der Waals surface area contributed by atoms with Crippen molar-refractivity contribution in [1.82, 2.24) is 10.0 Å². The van der Waals surface area contributed by atoms with Crippen molar-refractivity contribution in [3.05, 3.63) is 88.9 Å². The van der Waals surface area contributed by atoms with E-state index in [9.17, 15) is 13.2 Å². The standard InChI is InChI=1S/C24H25ClN2O5S/c1-31-22-11-7-6-10-18(22)16-26-24(28)21(14-17-8-4-3-5-9-17)27-33(29,30)19-12-13-23(32-2)20(25)15-19/h3-13,15,21,27H,14,16H2,1-2H3,(H,26,28)/t21-/m1/s1. The summed E-state index contributed by atoms with van der Waals surface area (Å²) in [6.45, 7) is 0.185. The topological polar surface area (TPSA) is 93.7 Å². The number of nitrogens with one attached hydrogen (secondary N) is 2. The minimum absolute atomic E-state index is 0.0658. The minimum Gasteiger partial charge on any atom is -0.496 e. The van der Waals surface area contributed by atoms with Crippen LogP contribution in [-0.4, -0.2) is 34.6 Å². The van der Waals surface area contributed by atoms with Gasteiger partial charge in [0.15, 0.2) is 0 Å². The van der Waals surface area contributed by atoms with Gasteiger partial charge < -0.3 is 14.8 Å². The monoisotopic (exact) mass is 488 g/mol. The van der Waals surface area contributed by atoms with Gasteiger partial charge >= 0.3 is 0 Å². The molecule has 1 atom stereocenters. The van der Waals surface area contributed by atoms with Gasteiger partial charge in [0.05, 0.1) is 24.1 Å². The van der Waals surface area contributed by atoms with Crippen LogP contribution in [0.1, 0.15) is 11.1 Å². The number of rotatable bonds is 10. The Morgan fingerprint density at radius 1 is 0.939 bits per heavy atom. The van der Waals surface area contributed by atoms with Gasteiger partial charge in [-0.2, -0.15) is 4.72 Å². The summed E-state index contributed by atoms with van der Waals surface area (Å²) in [7, 11) is -1.05. The van der Waals surface area contributed by atoms with Crippen molar-refractivity contribution in [3.63, 3.8) is 0 Å². The van der Waals surface area contributed by atoms with E-state index in [-0.39, 0.29) is 22.9 Å². The number of carbonyl (C=O) groups is 1. The van der Waals surface area contributed by atoms with Gasteiger partial charge in [0, 0.05) is 12.1 Å². The van der Waals surface area contributed by atoms with Crippen molar-refractivity contribution in [3.8, 4) is 11.5 Å². The van der Waals surface area contributed by atoms with Crippen LogP contribution in [0.5, 0.6) is 11.5 Å². The van der Waals surface area contributed by atoms with Gasteiger partial charge in [-0.05, 0) is 36.2 Å². The number of amides is 1. The van der Waals surface area contributed by atoms with E-state index in [1.807, 2.05) is 48.5 Å². The highest BCUT2D eigenvalue weighted by Gasteiger charge is 2.27. The molecule has 3 aromatic carbocycles. The molecule has 0 aliphatic carbocycles. The Hall–Kier alpha value is -3.07. The molecule has 0 unspecified atom stereocenters. The van der Waals surface area contributed by atoms with E-state index in [2.05, 4.69) is 10.0 Å². The average Bonchev–Trinajstić information content (AvgIpc) is 2.82. The number of ether oxygens (including phenoxy) is 2. The summed E-state index contributed by atoms with van der Waals surface area (Å²) in [6, 6.07) is 19.5. The van der Waals surface area contributed by atoms with E-state index in [0.29, 0.717) is 11.5 Å². The third-order valence-corrected chi connectivity index (χ3v) is 6.74. The molecule has 33 heavy (non-hydrogen) atoms. The van der Waals surface area contributed by atoms with Crippen LogP contribution in [0.3, 0.4) is 0 Å². The molecule has 0 aromatic heterocycles. The zero-order valence-corrected chi connectivity index (χ0v) is 19.8. The summed E-state index contributed by atoms with van der Waals surface area (Å²) in [4.78, 5) is 13.0. The van der Waals surface area contributed by atoms with Gasteiger partial charge in [-0.1, -0.05) is 60.1 Å². The molecular weight excluding hydrogens is 464 g/mol. The van der Waals surface area contributed by atoms with Crippen molar-refractivity contribution >= 4 is 27.5 Å². The second kappa shape index (κ2) is 11.2. The summed E-state index contributed by atoms with van der Waals surface area (Å²) in [5.74, 6) is 0.518. The molecule has 0 aliphatic heterocycles. The normalized spacial score (nSPS) is 12.1. The molecule has 7 nitrogen and oxygen atoms in total. The van der Waals surface area contributed by atoms with Gasteiger partial charge in [0.25, 0.3) is 0 Å². The molecule has 174 valence electrons. The molecule has 0 radical (unpaired) electrons. The van der Waals surface area contributed by atoms with E-state index >= 15 is 0 Å². The molecule has 9 heteroatoms. The van der Waals surface area contributed by atoms with Gasteiger partial charge in [-0.3, -0.25) is 4.79 Å². The molecule has 2 N–H and O–H groups in total. The maximum absolute atomic E-state index is 13.1. The van der Waals surface area contributed by atoms with Crippen LogP contribution in [0.2, 0.25) is 5.02 Å². The Labute approximate surface area is 198 Å². The van der Waals surface area contributed by atoms with Crippen LogP contribution in [0.4, 0.5) is 0 Å². The van der Waals surface area contributed by atoms with Crippen LogP contribution < -0.4 is 19.5 Å². The molecule has 0 fully saturated rings. The highest BCUT2D eigenvalue weighted by molar-refractivity contribution is 7.89. The first kappa shape index (κ1) is 24.6. The minimum atomic E-state index is -4.04. The quantitative estimate of drug-likeness (QED) is 0.455. The number of halogens is 1. The lowest BCUT2D eigenvalue weighted by molar-refractivity contribution is -0.122. The van der Waals surface area contributed by atoms with Crippen LogP contribution in [0.15, 0.2) is 77.7 Å². The number of methoxy groups -OCH3 is 2. The second-order valence-electron chi connectivity index (χ2n) is 7.19. The molecule has 3 rings (SSSR count). The Kier molecular flexibility index (Phi) is 8.32. The Morgan fingerprint density at radius 3 is 2.27 bits per heavy atom. The van der Waals surface area contributed by atoms with Gasteiger partial charge in [0.2, 0.25) is 15.9 Å². The summed E-state index contributed by atoms with van der Waals surface area (Å²) in [5.41, 5.74) is 1.59. The van der Waals surface area contributed by atoms with E-state index in [1.165, 1.54) is 25.3 Å². The van der Waals surface area contributed by atoms with Crippen molar-refractivity contribution in [2.24, 2.45) is 0 Å². The largest absolute Gasteiger partial charge is 0.496 e. The fourth-order valence-electron chi connectivity index (χ4n) is 3.26. The zero-order chi connectivity index (χ0) is 23.8. The van der Waals surface area contributed by atoms with Crippen molar-refractivity contribution in [2.75, 3.05) is 14.2 Å². The van der Waals surface area contributed by atoms with Crippen LogP contribution >= 0.6 is 11.6 Å². The Morgan fingerprint density at radius 2 is 1.61 bits per heavy atom. The highest BCUT2D eigenvalue weighted by Crippen LogP contribution is 2.27. The third kappa shape index (κ3) is 6.47. The van der Waals surface area contributed by atoms with Crippen molar-refractivity contribution in [2.45, 2.75) is 23.9 Å². The molecule has 0 bridgehead atoms. The summed E-state index contributed by atoms with van der Waals surface area (Å²) < 4.78 is 39.0. The summed E-state index contributed by atoms with van der Waals surface area (Å²) >= 11 is 6.10. The first-order valence-electron chi connectivity index (χ1n) is 10.1. The maximum Gasteiger partial charge on any atom is 0.241 e. The SMILES string of the molecule is COc1ccc(S(=O)(=O)N[C@H](Cc2ccccc2)C(=O)NCc2ccccc2OC)cc1Cl. The smallest absolute Gasteiger partial charge is 0.241 e. The highest BCUT2D eigenvalue weighted by atomic mass is 35.5. The van der Waals surface area contributed by atoms with E-state index in [4.69, 9.17) is 21.1 Å².